The number of nitrogens with one attached hydrogen (secondary N) is 1. The molecule has 0 rings (SSSR count). The van der Waals surface area contributed by atoms with E-state index >= 15 is 0 Å². The highest BCUT2D eigenvalue weighted by Crippen LogP contribution is 2.12. The molecule has 79 heavy (non-hydrogen) atoms. The summed E-state index contributed by atoms with van der Waals surface area (Å²) in [5.74, 6) is 1.64. The Morgan fingerprint density at radius 2 is 0.456 bits per heavy atom. The Kier molecular flexibility index (Phi) is 97.3. The normalized spacial score (nSPS) is 10.3. The lowest BCUT2D eigenvalue weighted by Gasteiger charge is -2.07. The smallest absolute Gasteiger partial charge is 0.219 e. The van der Waals surface area contributed by atoms with Gasteiger partial charge in [0.1, 0.15) is 23.1 Å². The fourth-order valence-electron chi connectivity index (χ4n) is 7.49. The summed E-state index contributed by atoms with van der Waals surface area (Å²) in [6, 6.07) is 0. The molecule has 0 aliphatic rings. The maximum Gasteiger partial charge on any atom is 0.219 e. The molecule has 1 amide bonds. The van der Waals surface area contributed by atoms with Gasteiger partial charge in [0.05, 0.1) is 46.2 Å². The lowest BCUT2D eigenvalue weighted by molar-refractivity contribution is -0.121. The predicted octanol–water partition coefficient (Wildman–Crippen LogP) is 19.2. The number of rotatable bonds is 55. The molecule has 0 spiro atoms. The third-order valence-corrected chi connectivity index (χ3v) is 12.9. The van der Waals surface area contributed by atoms with Gasteiger partial charge in [-0.3, -0.25) is 24.0 Å². The van der Waals surface area contributed by atoms with Crippen molar-refractivity contribution in [1.82, 2.24) is 5.32 Å². The number of hydrogen-bond donors (Lipinski definition) is 1. The lowest BCUT2D eigenvalue weighted by atomic mass is 10.1. The fourth-order valence-corrected chi connectivity index (χ4v) is 7.49. The van der Waals surface area contributed by atoms with Crippen LogP contribution in [0.3, 0.4) is 0 Å². The third-order valence-electron chi connectivity index (χ3n) is 12.9. The van der Waals surface area contributed by atoms with Crippen LogP contribution in [0.25, 0.3) is 0 Å². The van der Waals surface area contributed by atoms with E-state index in [0.29, 0.717) is 108 Å². The Labute approximate surface area is 492 Å². The van der Waals surface area contributed by atoms with Crippen molar-refractivity contribution in [3.8, 4) is 0 Å². The second-order valence-electron chi connectivity index (χ2n) is 20.8. The van der Waals surface area contributed by atoms with Crippen LogP contribution in [0, 0.1) is 0 Å². The molecular formula is C68H139NO10. The minimum atomic E-state index is 0.0536. The fraction of sp³-hybridized carbons (Fsp3) is 0.926. The summed E-state index contributed by atoms with van der Waals surface area (Å²) in [4.78, 5) is 54.5. The number of carbonyl (C=O) groups excluding carboxylic acids is 5. The molecule has 0 heterocycles. The van der Waals surface area contributed by atoms with Crippen molar-refractivity contribution in [2.45, 2.75) is 340 Å². The zero-order valence-corrected chi connectivity index (χ0v) is 55.1. The van der Waals surface area contributed by atoms with Gasteiger partial charge < -0.3 is 29.0 Å². The van der Waals surface area contributed by atoms with E-state index in [-0.39, 0.29) is 5.91 Å². The minimum absolute atomic E-state index is 0.0536. The van der Waals surface area contributed by atoms with E-state index < -0.39 is 0 Å². The van der Waals surface area contributed by atoms with Crippen LogP contribution < -0.4 is 5.32 Å². The highest BCUT2D eigenvalue weighted by molar-refractivity contribution is 5.79. The van der Waals surface area contributed by atoms with Crippen LogP contribution in [0.5, 0.6) is 0 Å². The van der Waals surface area contributed by atoms with Crippen molar-refractivity contribution in [2.75, 3.05) is 72.6 Å². The molecule has 0 radical (unpaired) electrons. The van der Waals surface area contributed by atoms with Gasteiger partial charge in [0, 0.05) is 84.2 Å². The summed E-state index contributed by atoms with van der Waals surface area (Å²) in [6.45, 7) is 31.9. The van der Waals surface area contributed by atoms with E-state index in [1.54, 1.807) is 0 Å². The van der Waals surface area contributed by atoms with Crippen molar-refractivity contribution >= 4 is 29.0 Å². The lowest BCUT2D eigenvalue weighted by Crippen LogP contribution is -2.26. The summed E-state index contributed by atoms with van der Waals surface area (Å²) in [5, 5.41) is 2.73. The number of carbonyl (C=O) groups is 5. The van der Waals surface area contributed by atoms with Gasteiger partial charge in [-0.25, -0.2) is 0 Å². The first-order valence-electron chi connectivity index (χ1n) is 33.7. The number of hydrogen-bond acceptors (Lipinski definition) is 10. The number of Topliss-reactive ketones (excluding diaryl/α,β-unsaturated/α-hetero) is 4. The van der Waals surface area contributed by atoms with Gasteiger partial charge in [-0.15, -0.1) is 0 Å². The van der Waals surface area contributed by atoms with Crippen molar-refractivity contribution < 1.29 is 47.7 Å². The zero-order valence-electron chi connectivity index (χ0n) is 55.1. The molecule has 0 saturated carbocycles. The number of ether oxygens (including phenoxy) is 5. The summed E-state index contributed by atoms with van der Waals surface area (Å²) < 4.78 is 26.4. The molecule has 0 bridgehead atoms. The summed E-state index contributed by atoms with van der Waals surface area (Å²) in [5.41, 5.74) is 0. The van der Waals surface area contributed by atoms with E-state index in [2.05, 4.69) is 53.8 Å². The molecule has 0 aliphatic carbocycles. The molecule has 11 heteroatoms. The topological polar surface area (TPSA) is 144 Å². The number of ketones is 4. The molecule has 0 fully saturated rings. The molecule has 476 valence electrons. The second-order valence-corrected chi connectivity index (χ2v) is 20.8. The van der Waals surface area contributed by atoms with Gasteiger partial charge >= 0.3 is 0 Å². The molecule has 0 atom stereocenters. The molecule has 0 aliphatic heterocycles. The monoisotopic (exact) mass is 1130 g/mol. The standard InChI is InChI=1S/C13H26O.C12H25NO4.C11H22O3.C11H22O.C11H24.C10H20O/c1-3-5-6-7-8-9-10-11-12-13(14)4-2;1-3-6-15-8-10-17-11-9-16-7-5-13-12(14)4-2;1-3-7-13-9-10-14-8-5-6-11(12)4-2;1-3-5-6-7-8-9-10-11(12)4-2;1-3-5-7-9-11-10-8-6-4-2;1-3-5-6-7-8-9-10(11)4-2/h3-12H2,1-2H3;3-11H2,1-2H3,(H,13,14);3-10H2,1-2H3;3-10H2,1-2H3;3-11H2,1-2H3;3-9H2,1-2H3. The van der Waals surface area contributed by atoms with E-state index in [1.807, 2.05) is 34.6 Å². The molecule has 0 aromatic heterocycles. The van der Waals surface area contributed by atoms with E-state index in [0.717, 1.165) is 83.8 Å². The largest absolute Gasteiger partial charge is 0.379 e. The quantitative estimate of drug-likeness (QED) is 0.0585. The van der Waals surface area contributed by atoms with Crippen LogP contribution in [0.2, 0.25) is 0 Å². The van der Waals surface area contributed by atoms with Gasteiger partial charge in [-0.1, -0.05) is 244 Å². The summed E-state index contributed by atoms with van der Waals surface area (Å²) in [6.07, 6.45) is 46.7. The average Bonchev–Trinajstić information content (AvgIpc) is 3.46. The van der Waals surface area contributed by atoms with Gasteiger partial charge in [-0.2, -0.15) is 0 Å². The van der Waals surface area contributed by atoms with Crippen molar-refractivity contribution in [2.24, 2.45) is 0 Å². The second kappa shape index (κ2) is 87.2. The molecule has 0 aromatic rings. The van der Waals surface area contributed by atoms with E-state index in [1.165, 1.54) is 161 Å². The maximum atomic E-state index is 11.0. The molecule has 1 N–H and O–H groups in total. The molecule has 0 aromatic carbocycles. The van der Waals surface area contributed by atoms with Crippen molar-refractivity contribution in [1.29, 1.82) is 0 Å². The highest BCUT2D eigenvalue weighted by Gasteiger charge is 2.01. The Hall–Kier alpha value is -2.05. The van der Waals surface area contributed by atoms with Gasteiger partial charge in [0.15, 0.2) is 0 Å². The number of unbranched alkanes of at least 4 members (excludes halogenated alkanes) is 24. The molecule has 0 unspecified atom stereocenters. The van der Waals surface area contributed by atoms with Crippen molar-refractivity contribution in [3.05, 3.63) is 0 Å². The van der Waals surface area contributed by atoms with Gasteiger partial charge in [-0.05, 0) is 38.5 Å². The van der Waals surface area contributed by atoms with E-state index in [4.69, 9.17) is 23.7 Å². The first-order valence-corrected chi connectivity index (χ1v) is 33.7. The third kappa shape index (κ3) is 102. The molecular weight excluding hydrogens is 991 g/mol. The van der Waals surface area contributed by atoms with Crippen LogP contribution in [0.1, 0.15) is 340 Å². The SMILES string of the molecule is CCCCCCCC(=O)CC.CCCCCCCCC(=O)CC.CCCCCCCCCCC.CCCCCCCCCCC(=O)CC.CCCOCCOCCCC(=O)CC.CCCOCCOCCOCCNC(=O)CC. The van der Waals surface area contributed by atoms with Crippen LogP contribution in [0.15, 0.2) is 0 Å². The Bertz CT molecular complexity index is 1110. The molecule has 0 saturated heterocycles. The van der Waals surface area contributed by atoms with E-state index in [9.17, 15) is 24.0 Å². The summed E-state index contributed by atoms with van der Waals surface area (Å²) in [7, 11) is 0. The van der Waals surface area contributed by atoms with Gasteiger partial charge in [0.25, 0.3) is 0 Å². The first-order chi connectivity index (χ1) is 38.5. The Morgan fingerprint density at radius 3 is 0.709 bits per heavy atom. The molecule has 11 nitrogen and oxygen atoms in total. The Morgan fingerprint density at radius 1 is 0.228 bits per heavy atom. The van der Waals surface area contributed by atoms with Crippen LogP contribution in [-0.4, -0.2) is 102 Å². The average molecular weight is 1130 g/mol. The van der Waals surface area contributed by atoms with Crippen LogP contribution in [-0.2, 0) is 47.7 Å². The van der Waals surface area contributed by atoms with Crippen LogP contribution >= 0.6 is 0 Å². The van der Waals surface area contributed by atoms with Crippen molar-refractivity contribution in [3.63, 3.8) is 0 Å². The summed E-state index contributed by atoms with van der Waals surface area (Å²) >= 11 is 0. The maximum absolute atomic E-state index is 11.0. The first kappa shape index (κ1) is 88.2. The Balaban J connectivity index is -0.000000204. The number of amides is 1. The predicted molar refractivity (Wildman–Crippen MR) is 340 cm³/mol. The highest BCUT2D eigenvalue weighted by atomic mass is 16.5. The van der Waals surface area contributed by atoms with Crippen LogP contribution in [0.4, 0.5) is 0 Å². The van der Waals surface area contributed by atoms with Gasteiger partial charge in [0.2, 0.25) is 5.91 Å². The minimum Gasteiger partial charge on any atom is -0.379 e. The zero-order chi connectivity index (χ0) is 60.2.